The highest BCUT2D eigenvalue weighted by Crippen LogP contribution is 2.20. The summed E-state index contributed by atoms with van der Waals surface area (Å²) in [6.45, 7) is 5.12. The molecule has 168 valence electrons. The second-order valence-electron chi connectivity index (χ2n) is 8.06. The number of hydrogen-bond acceptors (Lipinski definition) is 5. The minimum atomic E-state index is -0.0542. The molecule has 2 aromatic carbocycles. The van der Waals surface area contributed by atoms with E-state index in [2.05, 4.69) is 11.9 Å². The Balaban J connectivity index is 1.43. The maximum Gasteiger partial charge on any atom is 0.294 e. The lowest BCUT2D eigenvalue weighted by Gasteiger charge is -2.35. The van der Waals surface area contributed by atoms with Gasteiger partial charge in [-0.2, -0.15) is 0 Å². The zero-order valence-electron chi connectivity index (χ0n) is 18.8. The van der Waals surface area contributed by atoms with Gasteiger partial charge in [0.15, 0.2) is 5.82 Å². The average Bonchev–Trinajstić information content (AvgIpc) is 2.84. The van der Waals surface area contributed by atoms with Crippen molar-refractivity contribution >= 4 is 22.8 Å². The van der Waals surface area contributed by atoms with Gasteiger partial charge in [0.05, 0.1) is 18.1 Å². The van der Waals surface area contributed by atoms with Crippen LogP contribution in [-0.4, -0.2) is 53.6 Å². The lowest BCUT2D eigenvalue weighted by atomic mass is 10.1. The Kier molecular flexibility index (Phi) is 6.73. The summed E-state index contributed by atoms with van der Waals surface area (Å²) in [6, 6.07) is 15.6. The fourth-order valence-electron chi connectivity index (χ4n) is 4.31. The summed E-state index contributed by atoms with van der Waals surface area (Å²) in [7, 11) is 1.65. The first-order valence-corrected chi connectivity index (χ1v) is 11.3. The second kappa shape index (κ2) is 9.85. The molecule has 7 heteroatoms. The van der Waals surface area contributed by atoms with Crippen molar-refractivity contribution < 1.29 is 9.53 Å². The van der Waals surface area contributed by atoms with Crippen LogP contribution in [0.5, 0.6) is 5.75 Å². The summed E-state index contributed by atoms with van der Waals surface area (Å²) in [5.41, 5.74) is 2.68. The maximum absolute atomic E-state index is 13.2. The molecule has 0 bridgehead atoms. The number of amides is 1. The van der Waals surface area contributed by atoms with Gasteiger partial charge < -0.3 is 19.1 Å². The average molecular weight is 435 g/mol. The van der Waals surface area contributed by atoms with Crippen LogP contribution in [-0.2, 0) is 17.8 Å². The summed E-state index contributed by atoms with van der Waals surface area (Å²) >= 11 is 0. The normalized spacial score (nSPS) is 14.1. The fraction of sp³-hybridized carbons (Fsp3) is 0.400. The first-order valence-electron chi connectivity index (χ1n) is 11.3. The minimum Gasteiger partial charge on any atom is -0.496 e. The molecular formula is C25H30N4O3. The van der Waals surface area contributed by atoms with E-state index in [4.69, 9.17) is 4.74 Å². The van der Waals surface area contributed by atoms with E-state index in [9.17, 15) is 9.59 Å². The molecule has 1 aliphatic heterocycles. The second-order valence-corrected chi connectivity index (χ2v) is 8.06. The van der Waals surface area contributed by atoms with Crippen LogP contribution < -0.4 is 15.2 Å². The van der Waals surface area contributed by atoms with Crippen molar-refractivity contribution in [2.45, 2.75) is 32.7 Å². The fourth-order valence-corrected chi connectivity index (χ4v) is 4.31. The quantitative estimate of drug-likeness (QED) is 0.572. The van der Waals surface area contributed by atoms with Crippen LogP contribution in [0.4, 0.5) is 5.82 Å². The number of para-hydroxylation sites is 3. The van der Waals surface area contributed by atoms with Gasteiger partial charge in [0.1, 0.15) is 5.75 Å². The summed E-state index contributed by atoms with van der Waals surface area (Å²) in [6.07, 6.45) is 1.97. The van der Waals surface area contributed by atoms with Crippen LogP contribution in [0.15, 0.2) is 53.3 Å². The molecule has 0 spiro atoms. The van der Waals surface area contributed by atoms with Gasteiger partial charge in [-0.3, -0.25) is 9.59 Å². The first kappa shape index (κ1) is 21.9. The summed E-state index contributed by atoms with van der Waals surface area (Å²) in [5.74, 6) is 1.43. The summed E-state index contributed by atoms with van der Waals surface area (Å²) < 4.78 is 7.21. The van der Waals surface area contributed by atoms with Crippen molar-refractivity contribution in [2.75, 3.05) is 38.2 Å². The third-order valence-corrected chi connectivity index (χ3v) is 6.02. The Morgan fingerprint density at radius 1 is 1.03 bits per heavy atom. The smallest absolute Gasteiger partial charge is 0.294 e. The van der Waals surface area contributed by atoms with Crippen molar-refractivity contribution in [1.29, 1.82) is 0 Å². The predicted molar refractivity (Wildman–Crippen MR) is 126 cm³/mol. The maximum atomic E-state index is 13.2. The van der Waals surface area contributed by atoms with Gasteiger partial charge in [0.2, 0.25) is 5.91 Å². The number of nitrogens with zero attached hydrogens (tertiary/aromatic N) is 4. The highest BCUT2D eigenvalue weighted by atomic mass is 16.5. The first-order chi connectivity index (χ1) is 15.6. The predicted octanol–water partition coefficient (Wildman–Crippen LogP) is 3.10. The highest BCUT2D eigenvalue weighted by molar-refractivity contribution is 5.78. The number of ether oxygens (including phenoxy) is 1. The van der Waals surface area contributed by atoms with Crippen molar-refractivity contribution in [3.63, 3.8) is 0 Å². The standard InChI is InChI=1S/C25H30N4O3/c1-3-14-29-21-10-6-5-9-20(21)26-24(25(29)31)28-17-15-27(16-18-28)23(30)13-12-19-8-4-7-11-22(19)32-2/h4-11H,3,12-18H2,1-2H3. The van der Waals surface area contributed by atoms with E-state index in [1.807, 2.05) is 62.9 Å². The van der Waals surface area contributed by atoms with Crippen LogP contribution in [0, 0.1) is 0 Å². The number of benzene rings is 2. The van der Waals surface area contributed by atoms with Gasteiger partial charge in [-0.1, -0.05) is 37.3 Å². The number of aryl methyl sites for hydroxylation is 2. The number of rotatable bonds is 7. The van der Waals surface area contributed by atoms with E-state index >= 15 is 0 Å². The number of aromatic nitrogens is 2. The minimum absolute atomic E-state index is 0.0542. The topological polar surface area (TPSA) is 67.7 Å². The molecule has 7 nitrogen and oxygen atoms in total. The number of carbonyl (C=O) groups excluding carboxylic acids is 1. The zero-order chi connectivity index (χ0) is 22.5. The molecule has 1 saturated heterocycles. The molecule has 1 aromatic heterocycles. The van der Waals surface area contributed by atoms with Crippen LogP contribution in [0.1, 0.15) is 25.3 Å². The van der Waals surface area contributed by atoms with E-state index in [0.29, 0.717) is 51.4 Å². The van der Waals surface area contributed by atoms with Crippen molar-refractivity contribution in [3.05, 3.63) is 64.4 Å². The third-order valence-electron chi connectivity index (χ3n) is 6.02. The number of piperazine rings is 1. The molecule has 4 rings (SSSR count). The Morgan fingerprint density at radius 3 is 2.50 bits per heavy atom. The number of anilines is 1. The Labute approximate surface area is 188 Å². The van der Waals surface area contributed by atoms with E-state index in [1.54, 1.807) is 7.11 Å². The molecule has 0 N–H and O–H groups in total. The zero-order valence-corrected chi connectivity index (χ0v) is 18.8. The molecule has 0 radical (unpaired) electrons. The third kappa shape index (κ3) is 4.47. The molecule has 0 unspecified atom stereocenters. The van der Waals surface area contributed by atoms with Crippen molar-refractivity contribution in [3.8, 4) is 5.75 Å². The Bertz CT molecular complexity index is 1150. The van der Waals surface area contributed by atoms with Gasteiger partial charge in [-0.05, 0) is 36.6 Å². The Hall–Kier alpha value is -3.35. The summed E-state index contributed by atoms with van der Waals surface area (Å²) in [4.78, 5) is 34.5. The number of carbonyl (C=O) groups is 1. The van der Waals surface area contributed by atoms with E-state index in [0.717, 1.165) is 28.8 Å². The van der Waals surface area contributed by atoms with Gasteiger partial charge in [0, 0.05) is 39.1 Å². The highest BCUT2D eigenvalue weighted by Gasteiger charge is 2.24. The van der Waals surface area contributed by atoms with Crippen molar-refractivity contribution in [1.82, 2.24) is 14.5 Å². The number of hydrogen-bond donors (Lipinski definition) is 0. The molecule has 32 heavy (non-hydrogen) atoms. The molecule has 3 aromatic rings. The monoisotopic (exact) mass is 434 g/mol. The Morgan fingerprint density at radius 2 is 1.75 bits per heavy atom. The largest absolute Gasteiger partial charge is 0.496 e. The number of fused-ring (bicyclic) bond motifs is 1. The summed E-state index contributed by atoms with van der Waals surface area (Å²) in [5, 5.41) is 0. The van der Waals surface area contributed by atoms with Crippen LogP contribution in [0.2, 0.25) is 0 Å². The van der Waals surface area contributed by atoms with Gasteiger partial charge in [-0.25, -0.2) is 4.98 Å². The molecule has 1 aliphatic rings. The molecule has 2 heterocycles. The molecular weight excluding hydrogens is 404 g/mol. The van der Waals surface area contributed by atoms with Crippen LogP contribution in [0.25, 0.3) is 11.0 Å². The van der Waals surface area contributed by atoms with Gasteiger partial charge in [-0.15, -0.1) is 0 Å². The van der Waals surface area contributed by atoms with Gasteiger partial charge in [0.25, 0.3) is 5.56 Å². The molecule has 0 aliphatic carbocycles. The van der Waals surface area contributed by atoms with E-state index < -0.39 is 0 Å². The van der Waals surface area contributed by atoms with Gasteiger partial charge >= 0.3 is 0 Å². The molecule has 0 atom stereocenters. The van der Waals surface area contributed by atoms with Crippen LogP contribution >= 0.6 is 0 Å². The molecule has 1 amide bonds. The molecule has 0 saturated carbocycles. The van der Waals surface area contributed by atoms with Crippen LogP contribution in [0.3, 0.4) is 0 Å². The van der Waals surface area contributed by atoms with Crippen molar-refractivity contribution in [2.24, 2.45) is 0 Å². The van der Waals surface area contributed by atoms with E-state index in [-0.39, 0.29) is 11.5 Å². The lowest BCUT2D eigenvalue weighted by Crippen LogP contribution is -2.50. The SMILES string of the molecule is CCCn1c(=O)c(N2CCN(C(=O)CCc3ccccc3OC)CC2)nc2ccccc21. The van der Waals surface area contributed by atoms with E-state index in [1.165, 1.54) is 0 Å². The molecule has 1 fully saturated rings. The number of methoxy groups -OCH3 is 1. The lowest BCUT2D eigenvalue weighted by molar-refractivity contribution is -0.131.